The number of benzene rings is 4. The Bertz CT molecular complexity index is 1600. The number of nitrogens with zero attached hydrogens (tertiary/aromatic N) is 3. The third kappa shape index (κ3) is 3.27. The van der Waals surface area contributed by atoms with Gasteiger partial charge in [0.05, 0.1) is 29.8 Å². The maximum atomic E-state index is 14.1. The van der Waals surface area contributed by atoms with Crippen LogP contribution in [0.25, 0.3) is 11.1 Å². The lowest BCUT2D eigenvalue weighted by Crippen LogP contribution is -2.44. The highest BCUT2D eigenvalue weighted by molar-refractivity contribution is 6.24. The van der Waals surface area contributed by atoms with Crippen molar-refractivity contribution in [1.82, 2.24) is 5.01 Å². The average molecular weight is 498 g/mol. The van der Waals surface area contributed by atoms with E-state index in [-0.39, 0.29) is 17.6 Å². The van der Waals surface area contributed by atoms with Crippen LogP contribution < -0.4 is 4.90 Å². The lowest BCUT2D eigenvalue weighted by atomic mass is 9.83. The monoisotopic (exact) mass is 497 g/mol. The van der Waals surface area contributed by atoms with E-state index in [0.29, 0.717) is 11.3 Å². The number of Topliss-reactive ketones (excluding diaryl/α,β-unsaturated/α-hetero) is 1. The number of anilines is 1. The Labute approximate surface area is 219 Å². The van der Waals surface area contributed by atoms with Crippen molar-refractivity contribution in [2.24, 2.45) is 16.9 Å². The van der Waals surface area contributed by atoms with Crippen LogP contribution >= 0.6 is 0 Å². The molecule has 4 aromatic carbocycles. The molecule has 2 amide bonds. The molecule has 0 aromatic heterocycles. The molecule has 0 bridgehead atoms. The molecule has 6 heteroatoms. The van der Waals surface area contributed by atoms with Gasteiger partial charge in [-0.15, -0.1) is 0 Å². The molecule has 4 aromatic rings. The fraction of sp³-hybridized carbons (Fsp3) is 0.125. The standard InChI is InChI=1S/C32H23N3O3/c36-30(22-17-15-21(16-18-22)20-9-3-1-4-10-20)29-27-26(28-25-14-8-7-11-23(25)19-33-35(28)29)31(37)34(32(27)38)24-12-5-2-6-13-24/h1-19,26-29H/t26-,27+,28+,29+/m0/s1. The van der Waals surface area contributed by atoms with Crippen LogP contribution in [0.1, 0.15) is 27.5 Å². The Morgan fingerprint density at radius 3 is 2.00 bits per heavy atom. The van der Waals surface area contributed by atoms with E-state index in [1.165, 1.54) is 4.90 Å². The smallest absolute Gasteiger partial charge is 0.240 e. The summed E-state index contributed by atoms with van der Waals surface area (Å²) in [5.41, 5.74) is 4.86. The highest BCUT2D eigenvalue weighted by Gasteiger charge is 2.65. The number of hydrogen-bond acceptors (Lipinski definition) is 5. The lowest BCUT2D eigenvalue weighted by Gasteiger charge is -2.33. The maximum Gasteiger partial charge on any atom is 0.240 e. The van der Waals surface area contributed by atoms with E-state index in [0.717, 1.165) is 22.3 Å². The van der Waals surface area contributed by atoms with Crippen molar-refractivity contribution in [2.75, 3.05) is 4.90 Å². The van der Waals surface area contributed by atoms with Crippen molar-refractivity contribution in [3.05, 3.63) is 126 Å². The van der Waals surface area contributed by atoms with Crippen LogP contribution in [0.15, 0.2) is 114 Å². The largest absolute Gasteiger partial charge is 0.292 e. The number of ketones is 1. The van der Waals surface area contributed by atoms with Gasteiger partial charge in [0.1, 0.15) is 6.04 Å². The summed E-state index contributed by atoms with van der Waals surface area (Å²) in [5.74, 6) is -2.40. The van der Waals surface area contributed by atoms with Crippen molar-refractivity contribution in [3.63, 3.8) is 0 Å². The van der Waals surface area contributed by atoms with Gasteiger partial charge in [-0.25, -0.2) is 4.90 Å². The van der Waals surface area contributed by atoms with Crippen LogP contribution in [-0.2, 0) is 9.59 Å². The van der Waals surface area contributed by atoms with Crippen LogP contribution in [0.4, 0.5) is 5.69 Å². The maximum absolute atomic E-state index is 14.1. The Hall–Kier alpha value is -4.84. The van der Waals surface area contributed by atoms with Gasteiger partial charge in [-0.2, -0.15) is 5.10 Å². The van der Waals surface area contributed by atoms with Gasteiger partial charge in [0.2, 0.25) is 11.8 Å². The molecule has 0 aliphatic carbocycles. The van der Waals surface area contributed by atoms with E-state index in [1.54, 1.807) is 47.6 Å². The fourth-order valence-corrected chi connectivity index (χ4v) is 6.13. The van der Waals surface area contributed by atoms with Crippen molar-refractivity contribution in [1.29, 1.82) is 0 Å². The molecule has 184 valence electrons. The van der Waals surface area contributed by atoms with E-state index in [9.17, 15) is 14.4 Å². The number of fused-ring (bicyclic) bond motifs is 5. The molecule has 7 rings (SSSR count). The van der Waals surface area contributed by atoms with Crippen molar-refractivity contribution >= 4 is 29.5 Å². The quantitative estimate of drug-likeness (QED) is 0.290. The highest BCUT2D eigenvalue weighted by Crippen LogP contribution is 2.53. The third-order valence-electron chi connectivity index (χ3n) is 7.85. The van der Waals surface area contributed by atoms with E-state index >= 15 is 0 Å². The van der Waals surface area contributed by atoms with Crippen molar-refractivity contribution in [3.8, 4) is 11.1 Å². The summed E-state index contributed by atoms with van der Waals surface area (Å²) in [6, 6.07) is 32.7. The van der Waals surface area contributed by atoms with Crippen LogP contribution in [0.5, 0.6) is 0 Å². The predicted molar refractivity (Wildman–Crippen MR) is 145 cm³/mol. The summed E-state index contributed by atoms with van der Waals surface area (Å²) in [6.45, 7) is 0. The topological polar surface area (TPSA) is 70.0 Å². The molecule has 0 N–H and O–H groups in total. The minimum absolute atomic E-state index is 0.213. The van der Waals surface area contributed by atoms with Gasteiger partial charge in [-0.05, 0) is 34.4 Å². The Kier molecular flexibility index (Phi) is 5.08. The van der Waals surface area contributed by atoms with Gasteiger partial charge < -0.3 is 0 Å². The van der Waals surface area contributed by atoms with Gasteiger partial charge in [0.15, 0.2) is 5.78 Å². The number of hydrazone groups is 1. The zero-order valence-electron chi connectivity index (χ0n) is 20.3. The first-order valence-electron chi connectivity index (χ1n) is 12.7. The summed E-state index contributed by atoms with van der Waals surface area (Å²) < 4.78 is 0. The van der Waals surface area contributed by atoms with Gasteiger partial charge in [0, 0.05) is 5.56 Å². The third-order valence-corrected chi connectivity index (χ3v) is 7.85. The number of imide groups is 1. The SMILES string of the molecule is O=C(c1ccc(-c2ccccc2)cc1)[C@H]1[C@@H]2C(=O)N(c3ccccc3)C(=O)[C@@H]2[C@H]2c3ccccc3C=NN21. The van der Waals surface area contributed by atoms with E-state index in [2.05, 4.69) is 5.10 Å². The summed E-state index contributed by atoms with van der Waals surface area (Å²) >= 11 is 0. The molecule has 0 saturated carbocycles. The average Bonchev–Trinajstić information content (AvgIpc) is 3.46. The number of carbonyl (C=O) groups is 3. The number of hydrogen-bond donors (Lipinski definition) is 0. The number of rotatable bonds is 4. The molecule has 2 fully saturated rings. The number of carbonyl (C=O) groups excluding carboxylic acids is 3. The Morgan fingerprint density at radius 1 is 0.658 bits per heavy atom. The second kappa shape index (κ2) is 8.63. The highest BCUT2D eigenvalue weighted by atomic mass is 16.2. The minimum atomic E-state index is -0.887. The fourth-order valence-electron chi connectivity index (χ4n) is 6.13. The molecule has 0 spiro atoms. The molecule has 6 nitrogen and oxygen atoms in total. The van der Waals surface area contributed by atoms with E-state index in [1.807, 2.05) is 72.8 Å². The normalized spacial score (nSPS) is 23.3. The summed E-state index contributed by atoms with van der Waals surface area (Å²) in [7, 11) is 0. The van der Waals surface area contributed by atoms with Gasteiger partial charge in [-0.1, -0.05) is 97.1 Å². The molecule has 3 aliphatic heterocycles. The summed E-state index contributed by atoms with van der Waals surface area (Å²) in [4.78, 5) is 43.2. The second-order valence-electron chi connectivity index (χ2n) is 9.85. The molecule has 4 atom stereocenters. The van der Waals surface area contributed by atoms with Crippen molar-refractivity contribution < 1.29 is 14.4 Å². The minimum Gasteiger partial charge on any atom is -0.292 e. The first-order valence-corrected chi connectivity index (χ1v) is 12.7. The van der Waals surface area contributed by atoms with Gasteiger partial charge in [0.25, 0.3) is 0 Å². The second-order valence-corrected chi connectivity index (χ2v) is 9.85. The molecule has 0 radical (unpaired) electrons. The molecule has 0 unspecified atom stereocenters. The molecular weight excluding hydrogens is 474 g/mol. The molecule has 3 heterocycles. The number of amides is 2. The Balaban J connectivity index is 1.31. The molecule has 3 aliphatic rings. The Morgan fingerprint density at radius 2 is 1.26 bits per heavy atom. The summed E-state index contributed by atoms with van der Waals surface area (Å²) in [6.07, 6.45) is 1.72. The van der Waals surface area contributed by atoms with Gasteiger partial charge >= 0.3 is 0 Å². The van der Waals surface area contributed by atoms with Crippen LogP contribution in [0.3, 0.4) is 0 Å². The van der Waals surface area contributed by atoms with E-state index in [4.69, 9.17) is 0 Å². The predicted octanol–water partition coefficient (Wildman–Crippen LogP) is 5.12. The number of para-hydroxylation sites is 1. The first kappa shape index (κ1) is 22.4. The van der Waals surface area contributed by atoms with Crippen molar-refractivity contribution in [2.45, 2.75) is 12.1 Å². The van der Waals surface area contributed by atoms with Crippen LogP contribution in [0.2, 0.25) is 0 Å². The van der Waals surface area contributed by atoms with Crippen LogP contribution in [0, 0.1) is 11.8 Å². The first-order chi connectivity index (χ1) is 18.6. The zero-order valence-corrected chi connectivity index (χ0v) is 20.3. The van der Waals surface area contributed by atoms with E-state index < -0.39 is 23.9 Å². The van der Waals surface area contributed by atoms with Gasteiger partial charge in [-0.3, -0.25) is 19.4 Å². The molecular formula is C32H23N3O3. The summed E-state index contributed by atoms with van der Waals surface area (Å²) in [5, 5.41) is 6.34. The van der Waals surface area contributed by atoms with Crippen LogP contribution in [-0.4, -0.2) is 34.9 Å². The zero-order chi connectivity index (χ0) is 25.8. The molecule has 38 heavy (non-hydrogen) atoms. The molecule has 2 saturated heterocycles. The lowest BCUT2D eigenvalue weighted by molar-refractivity contribution is -0.124.